The van der Waals surface area contributed by atoms with Crippen molar-refractivity contribution in [3.05, 3.63) is 34.9 Å². The maximum atomic E-state index is 5.99. The van der Waals surface area contributed by atoms with E-state index in [1.165, 1.54) is 23.5 Å². The van der Waals surface area contributed by atoms with E-state index in [0.29, 0.717) is 6.04 Å². The zero-order valence-electron chi connectivity index (χ0n) is 9.58. The number of nitrogens with one attached hydrogen (secondary N) is 1. The van der Waals surface area contributed by atoms with Gasteiger partial charge in [-0.3, -0.25) is 0 Å². The standard InChI is InChI=1S/C13H18ClNS/c1-10(12-3-2-4-13(14)7-12)15-8-11-5-6-16-9-11/h2-4,7,10-11,15H,5-6,8-9H2,1H3. The van der Waals surface area contributed by atoms with Gasteiger partial charge in [0.05, 0.1) is 0 Å². The van der Waals surface area contributed by atoms with Crippen LogP contribution in [-0.2, 0) is 0 Å². The monoisotopic (exact) mass is 255 g/mol. The predicted molar refractivity (Wildman–Crippen MR) is 73.3 cm³/mol. The summed E-state index contributed by atoms with van der Waals surface area (Å²) in [6, 6.07) is 8.51. The van der Waals surface area contributed by atoms with E-state index in [2.05, 4.69) is 30.1 Å². The van der Waals surface area contributed by atoms with Crippen molar-refractivity contribution in [3.63, 3.8) is 0 Å². The van der Waals surface area contributed by atoms with Gasteiger partial charge in [0.15, 0.2) is 0 Å². The summed E-state index contributed by atoms with van der Waals surface area (Å²) in [5.74, 6) is 3.50. The normalized spacial score (nSPS) is 22.2. The summed E-state index contributed by atoms with van der Waals surface area (Å²) in [5, 5.41) is 4.42. The SMILES string of the molecule is CC(NCC1CCSC1)c1cccc(Cl)c1. The van der Waals surface area contributed by atoms with Crippen molar-refractivity contribution >= 4 is 23.4 Å². The quantitative estimate of drug-likeness (QED) is 0.880. The van der Waals surface area contributed by atoms with Crippen LogP contribution in [0.1, 0.15) is 24.9 Å². The Bertz CT molecular complexity index is 336. The molecule has 2 unspecified atom stereocenters. The van der Waals surface area contributed by atoms with Gasteiger partial charge in [0.1, 0.15) is 0 Å². The Balaban J connectivity index is 1.85. The third kappa shape index (κ3) is 3.41. The number of hydrogen-bond donors (Lipinski definition) is 1. The minimum Gasteiger partial charge on any atom is -0.310 e. The maximum absolute atomic E-state index is 5.99. The highest BCUT2D eigenvalue weighted by atomic mass is 35.5. The van der Waals surface area contributed by atoms with Gasteiger partial charge in [0.25, 0.3) is 0 Å². The van der Waals surface area contributed by atoms with Gasteiger partial charge in [0, 0.05) is 11.1 Å². The molecule has 0 amide bonds. The molecule has 1 fully saturated rings. The van der Waals surface area contributed by atoms with Gasteiger partial charge in [-0.05, 0) is 55.0 Å². The highest BCUT2D eigenvalue weighted by molar-refractivity contribution is 7.99. The molecule has 0 saturated carbocycles. The molecule has 88 valence electrons. The Hall–Kier alpha value is -0.180. The Morgan fingerprint density at radius 2 is 2.44 bits per heavy atom. The van der Waals surface area contributed by atoms with Crippen molar-refractivity contribution < 1.29 is 0 Å². The topological polar surface area (TPSA) is 12.0 Å². The van der Waals surface area contributed by atoms with E-state index >= 15 is 0 Å². The van der Waals surface area contributed by atoms with Crippen LogP contribution in [0.5, 0.6) is 0 Å². The van der Waals surface area contributed by atoms with Crippen molar-refractivity contribution in [2.45, 2.75) is 19.4 Å². The fourth-order valence-corrected chi connectivity index (χ4v) is 3.46. The molecule has 1 nitrogen and oxygen atoms in total. The van der Waals surface area contributed by atoms with E-state index in [1.54, 1.807) is 0 Å². The first kappa shape index (κ1) is 12.3. The zero-order valence-corrected chi connectivity index (χ0v) is 11.2. The van der Waals surface area contributed by atoms with Crippen LogP contribution >= 0.6 is 23.4 Å². The second kappa shape index (κ2) is 5.95. The Labute approximate surface area is 107 Å². The molecule has 0 spiro atoms. The lowest BCUT2D eigenvalue weighted by Crippen LogP contribution is -2.25. The van der Waals surface area contributed by atoms with E-state index in [0.717, 1.165) is 17.5 Å². The molecular formula is C13H18ClNS. The molecule has 1 saturated heterocycles. The molecule has 0 bridgehead atoms. The summed E-state index contributed by atoms with van der Waals surface area (Å²) in [7, 11) is 0. The highest BCUT2D eigenvalue weighted by Crippen LogP contribution is 2.24. The lowest BCUT2D eigenvalue weighted by molar-refractivity contribution is 0.477. The lowest BCUT2D eigenvalue weighted by atomic mass is 10.1. The average molecular weight is 256 g/mol. The highest BCUT2D eigenvalue weighted by Gasteiger charge is 2.16. The molecule has 1 heterocycles. The van der Waals surface area contributed by atoms with Crippen LogP contribution in [0.15, 0.2) is 24.3 Å². The molecule has 1 aromatic rings. The molecule has 2 rings (SSSR count). The largest absolute Gasteiger partial charge is 0.310 e. The number of benzene rings is 1. The molecule has 0 radical (unpaired) electrons. The van der Waals surface area contributed by atoms with E-state index < -0.39 is 0 Å². The summed E-state index contributed by atoms with van der Waals surface area (Å²) in [6.45, 7) is 3.33. The summed E-state index contributed by atoms with van der Waals surface area (Å²) in [5.41, 5.74) is 1.28. The summed E-state index contributed by atoms with van der Waals surface area (Å²) >= 11 is 8.06. The van der Waals surface area contributed by atoms with Gasteiger partial charge in [-0.15, -0.1) is 0 Å². The van der Waals surface area contributed by atoms with Gasteiger partial charge >= 0.3 is 0 Å². The fraction of sp³-hybridized carbons (Fsp3) is 0.538. The van der Waals surface area contributed by atoms with Crippen molar-refractivity contribution in [1.29, 1.82) is 0 Å². The van der Waals surface area contributed by atoms with Crippen molar-refractivity contribution in [2.24, 2.45) is 5.92 Å². The minimum absolute atomic E-state index is 0.393. The molecule has 16 heavy (non-hydrogen) atoms. The molecule has 2 atom stereocenters. The van der Waals surface area contributed by atoms with Gasteiger partial charge in [0.2, 0.25) is 0 Å². The van der Waals surface area contributed by atoms with Gasteiger partial charge in [-0.1, -0.05) is 23.7 Å². The van der Waals surface area contributed by atoms with Crippen molar-refractivity contribution in [2.75, 3.05) is 18.1 Å². The first-order chi connectivity index (χ1) is 7.75. The summed E-state index contributed by atoms with van der Waals surface area (Å²) in [4.78, 5) is 0. The molecule has 0 aromatic heterocycles. The molecule has 1 N–H and O–H groups in total. The fourth-order valence-electron chi connectivity index (χ4n) is 1.98. The van der Waals surface area contributed by atoms with Gasteiger partial charge in [-0.25, -0.2) is 0 Å². The number of rotatable bonds is 4. The Morgan fingerprint density at radius 1 is 1.56 bits per heavy atom. The molecular weight excluding hydrogens is 238 g/mol. The molecule has 1 aliphatic heterocycles. The molecule has 0 aliphatic carbocycles. The van der Waals surface area contributed by atoms with Crippen LogP contribution < -0.4 is 5.32 Å². The van der Waals surface area contributed by atoms with E-state index in [-0.39, 0.29) is 0 Å². The second-order valence-electron chi connectivity index (χ2n) is 4.41. The minimum atomic E-state index is 0.393. The van der Waals surface area contributed by atoms with Crippen LogP contribution in [0.2, 0.25) is 5.02 Å². The average Bonchev–Trinajstić information content (AvgIpc) is 2.78. The Kier molecular flexibility index (Phi) is 4.56. The zero-order chi connectivity index (χ0) is 11.4. The second-order valence-corrected chi connectivity index (χ2v) is 6.00. The number of hydrogen-bond acceptors (Lipinski definition) is 2. The van der Waals surface area contributed by atoms with Gasteiger partial charge in [-0.2, -0.15) is 11.8 Å². The molecule has 1 aliphatic rings. The third-order valence-electron chi connectivity index (χ3n) is 3.09. The third-order valence-corrected chi connectivity index (χ3v) is 4.55. The first-order valence-corrected chi connectivity index (χ1v) is 7.35. The summed E-state index contributed by atoms with van der Waals surface area (Å²) < 4.78 is 0. The first-order valence-electron chi connectivity index (χ1n) is 5.82. The van der Waals surface area contributed by atoms with Crippen LogP contribution in [0.25, 0.3) is 0 Å². The van der Waals surface area contributed by atoms with Crippen LogP contribution in [0, 0.1) is 5.92 Å². The van der Waals surface area contributed by atoms with Crippen molar-refractivity contribution in [1.82, 2.24) is 5.32 Å². The number of halogens is 1. The predicted octanol–water partition coefficient (Wildman–Crippen LogP) is 3.74. The molecule has 3 heteroatoms. The smallest absolute Gasteiger partial charge is 0.0409 e. The van der Waals surface area contributed by atoms with E-state index in [9.17, 15) is 0 Å². The molecule has 1 aromatic carbocycles. The van der Waals surface area contributed by atoms with Gasteiger partial charge < -0.3 is 5.32 Å². The lowest BCUT2D eigenvalue weighted by Gasteiger charge is -2.17. The van der Waals surface area contributed by atoms with Crippen molar-refractivity contribution in [3.8, 4) is 0 Å². The van der Waals surface area contributed by atoms with E-state index in [1.807, 2.05) is 18.2 Å². The van der Waals surface area contributed by atoms with Crippen LogP contribution in [0.4, 0.5) is 0 Å². The Morgan fingerprint density at radius 3 is 3.12 bits per heavy atom. The summed E-state index contributed by atoms with van der Waals surface area (Å²) in [6.07, 6.45) is 1.36. The van der Waals surface area contributed by atoms with E-state index in [4.69, 9.17) is 11.6 Å². The maximum Gasteiger partial charge on any atom is 0.0409 e. The van der Waals surface area contributed by atoms with Crippen LogP contribution in [0.3, 0.4) is 0 Å². The van der Waals surface area contributed by atoms with Crippen LogP contribution in [-0.4, -0.2) is 18.1 Å². The number of thioether (sulfide) groups is 1.